The largest absolute Gasteiger partial charge is 0.329 e. The van der Waals surface area contributed by atoms with E-state index in [2.05, 4.69) is 39.9 Å². The molecule has 2 saturated carbocycles. The normalized spacial score (nSPS) is 49.9. The Morgan fingerprint density at radius 2 is 1.81 bits per heavy atom. The fraction of sp³-hybridized carbons (Fsp3) is 1.00. The van der Waals surface area contributed by atoms with Gasteiger partial charge in [-0.25, -0.2) is 0 Å². The Kier molecular flexibility index (Phi) is 5.77. The van der Waals surface area contributed by atoms with Gasteiger partial charge in [0, 0.05) is 18.9 Å². The molecule has 2 nitrogen and oxygen atoms in total. The number of hydrogen-bond donors (Lipinski definition) is 2. The zero-order valence-corrected chi connectivity index (χ0v) is 19.5. The van der Waals surface area contributed by atoms with Crippen LogP contribution < -0.4 is 11.1 Å². The maximum Gasteiger partial charge on any atom is 0.0274 e. The van der Waals surface area contributed by atoms with E-state index in [0.717, 1.165) is 54.4 Å². The lowest BCUT2D eigenvalue weighted by atomic mass is 9.55. The summed E-state index contributed by atoms with van der Waals surface area (Å²) in [4.78, 5) is 0. The van der Waals surface area contributed by atoms with Gasteiger partial charge in [0.15, 0.2) is 0 Å². The van der Waals surface area contributed by atoms with Gasteiger partial charge in [-0.1, -0.05) is 42.5 Å². The highest BCUT2D eigenvalue weighted by molar-refractivity contribution is 7.60. The Morgan fingerprint density at radius 1 is 1.04 bits per heavy atom. The molecule has 156 valence electrons. The van der Waals surface area contributed by atoms with Crippen LogP contribution in [0, 0.1) is 40.9 Å². The standard InChI is InChI=1S/C24H45N2P/c1-16(2)14-17(3)19-6-7-20-18-15-27-22(26-13-12-25)9-11-24(27,5)21(18)8-10-23(19,20)4/h16-22,26H,6-15,25H2,1-5H3. The van der Waals surface area contributed by atoms with E-state index in [4.69, 9.17) is 5.73 Å². The van der Waals surface area contributed by atoms with Gasteiger partial charge in [0.1, 0.15) is 0 Å². The van der Waals surface area contributed by atoms with E-state index in [9.17, 15) is 0 Å². The first kappa shape index (κ1) is 20.6. The Balaban J connectivity index is 1.52. The molecule has 3 N–H and O–H groups in total. The summed E-state index contributed by atoms with van der Waals surface area (Å²) in [5, 5.41) is 4.54. The lowest BCUT2D eigenvalue weighted by Gasteiger charge is -2.50. The molecule has 9 unspecified atom stereocenters. The van der Waals surface area contributed by atoms with Crippen LogP contribution in [0.1, 0.15) is 79.6 Å². The van der Waals surface area contributed by atoms with Crippen molar-refractivity contribution in [3.63, 3.8) is 0 Å². The third-order valence-electron chi connectivity index (χ3n) is 9.73. The minimum Gasteiger partial charge on any atom is -0.329 e. The van der Waals surface area contributed by atoms with Crippen molar-refractivity contribution in [1.82, 2.24) is 5.32 Å². The second kappa shape index (κ2) is 7.55. The lowest BCUT2D eigenvalue weighted by Crippen LogP contribution is -2.45. The van der Waals surface area contributed by atoms with Gasteiger partial charge in [0.2, 0.25) is 0 Å². The molecule has 9 atom stereocenters. The average Bonchev–Trinajstić information content (AvgIpc) is 3.20. The molecule has 4 aliphatic rings. The van der Waals surface area contributed by atoms with Crippen molar-refractivity contribution in [3.05, 3.63) is 0 Å². The fourth-order valence-electron chi connectivity index (χ4n) is 8.71. The minimum atomic E-state index is 0.143. The molecule has 3 heteroatoms. The van der Waals surface area contributed by atoms with Gasteiger partial charge in [0.05, 0.1) is 0 Å². The molecular weight excluding hydrogens is 347 g/mol. The first-order valence-electron chi connectivity index (χ1n) is 12.0. The van der Waals surface area contributed by atoms with Crippen LogP contribution >= 0.6 is 7.92 Å². The molecule has 0 radical (unpaired) electrons. The topological polar surface area (TPSA) is 38.0 Å². The molecular formula is C24H45N2P. The molecule has 27 heavy (non-hydrogen) atoms. The molecule has 0 bridgehead atoms. The van der Waals surface area contributed by atoms with E-state index in [1.807, 2.05) is 0 Å². The molecule has 0 aromatic heterocycles. The Labute approximate surface area is 169 Å². The van der Waals surface area contributed by atoms with Gasteiger partial charge in [-0.05, 0) is 97.2 Å². The summed E-state index contributed by atoms with van der Waals surface area (Å²) < 4.78 is 0. The molecule has 2 heterocycles. The van der Waals surface area contributed by atoms with Crippen LogP contribution in [0.5, 0.6) is 0 Å². The predicted octanol–water partition coefficient (Wildman–Crippen LogP) is 5.65. The van der Waals surface area contributed by atoms with E-state index in [-0.39, 0.29) is 7.92 Å². The maximum absolute atomic E-state index is 5.80. The molecule has 0 spiro atoms. The van der Waals surface area contributed by atoms with Crippen molar-refractivity contribution in [2.45, 2.75) is 90.5 Å². The maximum atomic E-state index is 5.80. The van der Waals surface area contributed by atoms with Gasteiger partial charge < -0.3 is 11.1 Å². The smallest absolute Gasteiger partial charge is 0.0274 e. The summed E-state index contributed by atoms with van der Waals surface area (Å²) >= 11 is 0. The van der Waals surface area contributed by atoms with Crippen LogP contribution in [0.4, 0.5) is 0 Å². The van der Waals surface area contributed by atoms with Gasteiger partial charge in [-0.15, -0.1) is 0 Å². The van der Waals surface area contributed by atoms with Crippen LogP contribution in [0.2, 0.25) is 0 Å². The molecule has 0 amide bonds. The van der Waals surface area contributed by atoms with Gasteiger partial charge in [-0.3, -0.25) is 0 Å². The van der Waals surface area contributed by atoms with Gasteiger partial charge in [0.25, 0.3) is 0 Å². The predicted molar refractivity (Wildman–Crippen MR) is 119 cm³/mol. The second-order valence-corrected chi connectivity index (χ2v) is 14.5. The molecule has 0 aromatic rings. The molecule has 4 fully saturated rings. The summed E-state index contributed by atoms with van der Waals surface area (Å²) in [7, 11) is 0.143. The fourth-order valence-corrected chi connectivity index (χ4v) is 13.0. The Hall–Kier alpha value is 0.350. The minimum absolute atomic E-state index is 0.143. The number of hydrogen-bond acceptors (Lipinski definition) is 2. The molecule has 2 saturated heterocycles. The van der Waals surface area contributed by atoms with E-state index < -0.39 is 0 Å². The van der Waals surface area contributed by atoms with Crippen LogP contribution in [-0.4, -0.2) is 30.2 Å². The number of nitrogens with one attached hydrogen (secondary N) is 1. The zero-order valence-electron chi connectivity index (χ0n) is 18.6. The zero-order chi connectivity index (χ0) is 19.4. The second-order valence-electron chi connectivity index (χ2n) is 11.5. The highest BCUT2D eigenvalue weighted by atomic mass is 31.1. The first-order chi connectivity index (χ1) is 12.8. The molecule has 2 aliphatic heterocycles. The van der Waals surface area contributed by atoms with Gasteiger partial charge in [-0.2, -0.15) is 0 Å². The van der Waals surface area contributed by atoms with E-state index in [0.29, 0.717) is 10.6 Å². The number of nitrogens with two attached hydrogens (primary N) is 1. The van der Waals surface area contributed by atoms with Gasteiger partial charge >= 0.3 is 0 Å². The van der Waals surface area contributed by atoms with Crippen LogP contribution in [-0.2, 0) is 0 Å². The molecule has 2 aliphatic carbocycles. The highest BCUT2D eigenvalue weighted by Crippen LogP contribution is 2.77. The van der Waals surface area contributed by atoms with Crippen LogP contribution in [0.25, 0.3) is 0 Å². The van der Waals surface area contributed by atoms with Crippen molar-refractivity contribution in [1.29, 1.82) is 0 Å². The average molecular weight is 393 g/mol. The van der Waals surface area contributed by atoms with Crippen LogP contribution in [0.15, 0.2) is 0 Å². The van der Waals surface area contributed by atoms with E-state index >= 15 is 0 Å². The highest BCUT2D eigenvalue weighted by Gasteiger charge is 2.64. The lowest BCUT2D eigenvalue weighted by molar-refractivity contribution is -0.00140. The Bertz CT molecular complexity index is 536. The van der Waals surface area contributed by atoms with Crippen molar-refractivity contribution < 1.29 is 0 Å². The summed E-state index contributed by atoms with van der Waals surface area (Å²) in [6.45, 7) is 14.6. The first-order valence-corrected chi connectivity index (χ1v) is 13.6. The van der Waals surface area contributed by atoms with Crippen molar-refractivity contribution >= 4 is 7.92 Å². The monoisotopic (exact) mass is 392 g/mol. The summed E-state index contributed by atoms with van der Waals surface area (Å²) in [5.41, 5.74) is 6.44. The SMILES string of the molecule is CC(C)CC(C)C1CCC2C3CP4C(NCCN)CCC4(C)C3CCC12C. The number of rotatable bonds is 6. The van der Waals surface area contributed by atoms with Crippen molar-refractivity contribution in [2.24, 2.45) is 46.7 Å². The molecule has 4 rings (SSSR count). The quantitative estimate of drug-likeness (QED) is 0.573. The van der Waals surface area contributed by atoms with E-state index in [1.165, 1.54) is 44.9 Å². The Morgan fingerprint density at radius 3 is 2.52 bits per heavy atom. The van der Waals surface area contributed by atoms with Crippen LogP contribution in [0.3, 0.4) is 0 Å². The van der Waals surface area contributed by atoms with Crippen molar-refractivity contribution in [3.8, 4) is 0 Å². The van der Waals surface area contributed by atoms with Crippen molar-refractivity contribution in [2.75, 3.05) is 19.3 Å². The summed E-state index contributed by atoms with van der Waals surface area (Å²) in [5.74, 6) is 6.65. The third kappa shape index (κ3) is 3.25. The summed E-state index contributed by atoms with van der Waals surface area (Å²) in [6, 6.07) is 0. The third-order valence-corrected chi connectivity index (χ3v) is 13.6. The summed E-state index contributed by atoms with van der Waals surface area (Å²) in [6.07, 6.45) is 12.0. The number of fused-ring (bicyclic) bond motifs is 5. The van der Waals surface area contributed by atoms with E-state index in [1.54, 1.807) is 6.16 Å². The molecule has 0 aromatic carbocycles.